The maximum Gasteiger partial charge on any atom is 0.240 e. The number of piperazine rings is 1. The molecular formula is C21H33N3O3S. The first-order valence-corrected chi connectivity index (χ1v) is 11.8. The Labute approximate surface area is 169 Å². The smallest absolute Gasteiger partial charge is 0.240 e. The fourth-order valence-corrected chi connectivity index (χ4v) is 7.01. The van der Waals surface area contributed by atoms with Crippen molar-refractivity contribution in [2.75, 3.05) is 38.2 Å². The summed E-state index contributed by atoms with van der Waals surface area (Å²) >= 11 is 0. The second kappa shape index (κ2) is 6.89. The fraction of sp³-hybridized carbons (Fsp3) is 0.714. The lowest BCUT2D eigenvalue weighted by Crippen LogP contribution is -2.46. The monoisotopic (exact) mass is 407 g/mol. The quantitative estimate of drug-likeness (QED) is 0.785. The van der Waals surface area contributed by atoms with Crippen LogP contribution in [0.4, 0.5) is 5.69 Å². The van der Waals surface area contributed by atoms with Gasteiger partial charge in [-0.1, -0.05) is 20.8 Å². The Kier molecular flexibility index (Phi) is 4.91. The molecule has 0 radical (unpaired) electrons. The summed E-state index contributed by atoms with van der Waals surface area (Å²) in [7, 11) is -1.96. The standard InChI is InChI=1S/C21H33N3O3S/c1-20(2)15-7-8-21(20,3)19(13-15)23-28(25,26)16-5-6-18(27-4)17(14-16)24-11-9-22-10-12-24/h5-6,14-15,19,22-23H,7-13H2,1-4H3/t15?,19-,21?/m1/s1. The summed E-state index contributed by atoms with van der Waals surface area (Å²) in [4.78, 5) is 2.52. The van der Waals surface area contributed by atoms with Gasteiger partial charge in [0.2, 0.25) is 10.0 Å². The molecule has 2 aliphatic carbocycles. The van der Waals surface area contributed by atoms with Crippen molar-refractivity contribution in [1.82, 2.24) is 10.0 Å². The topological polar surface area (TPSA) is 70.7 Å². The Morgan fingerprint density at radius 2 is 1.93 bits per heavy atom. The van der Waals surface area contributed by atoms with E-state index in [1.165, 1.54) is 6.42 Å². The number of fused-ring (bicyclic) bond motifs is 2. The SMILES string of the molecule is COc1ccc(S(=O)(=O)N[C@@H]2CC3CCC2(C)C3(C)C)cc1N1CCNCC1. The van der Waals surface area contributed by atoms with Crippen LogP contribution in [0.15, 0.2) is 23.1 Å². The molecule has 0 amide bonds. The fourth-order valence-electron chi connectivity index (χ4n) is 5.63. The summed E-state index contributed by atoms with van der Waals surface area (Å²) in [5.74, 6) is 1.31. The molecule has 1 aliphatic heterocycles. The molecule has 7 heteroatoms. The second-order valence-electron chi connectivity index (χ2n) is 9.36. The van der Waals surface area contributed by atoms with Gasteiger partial charge >= 0.3 is 0 Å². The summed E-state index contributed by atoms with van der Waals surface area (Å²) < 4.78 is 35.1. The van der Waals surface area contributed by atoms with Crippen LogP contribution in [0.25, 0.3) is 0 Å². The molecule has 3 fully saturated rings. The predicted octanol–water partition coefficient (Wildman–Crippen LogP) is 2.60. The van der Waals surface area contributed by atoms with E-state index in [1.807, 2.05) is 0 Å². The second-order valence-corrected chi connectivity index (χ2v) is 11.1. The van der Waals surface area contributed by atoms with Crippen molar-refractivity contribution in [2.24, 2.45) is 16.7 Å². The van der Waals surface area contributed by atoms with Gasteiger partial charge in [-0.15, -0.1) is 0 Å². The molecule has 1 aromatic carbocycles. The number of benzene rings is 1. The summed E-state index contributed by atoms with van der Waals surface area (Å²) in [5, 5.41) is 3.33. The molecule has 1 aromatic rings. The van der Waals surface area contributed by atoms with Crippen LogP contribution in [0.3, 0.4) is 0 Å². The molecule has 2 bridgehead atoms. The lowest BCUT2D eigenvalue weighted by atomic mass is 9.69. The third-order valence-electron chi connectivity index (χ3n) is 8.01. The van der Waals surface area contributed by atoms with E-state index >= 15 is 0 Å². The molecule has 6 nitrogen and oxygen atoms in total. The van der Waals surface area contributed by atoms with Gasteiger partial charge in [0.15, 0.2) is 0 Å². The molecule has 2 N–H and O–H groups in total. The third kappa shape index (κ3) is 3.02. The van der Waals surface area contributed by atoms with Crippen LogP contribution in [-0.4, -0.2) is 47.7 Å². The normalized spacial score (nSPS) is 31.9. The zero-order valence-corrected chi connectivity index (χ0v) is 18.2. The van der Waals surface area contributed by atoms with E-state index in [0.29, 0.717) is 16.6 Å². The molecular weight excluding hydrogens is 374 g/mol. The van der Waals surface area contributed by atoms with E-state index in [-0.39, 0.29) is 16.9 Å². The summed E-state index contributed by atoms with van der Waals surface area (Å²) in [6.07, 6.45) is 3.23. The highest BCUT2D eigenvalue weighted by molar-refractivity contribution is 7.89. The summed E-state index contributed by atoms with van der Waals surface area (Å²) in [5.41, 5.74) is 1.04. The molecule has 0 aromatic heterocycles. The highest BCUT2D eigenvalue weighted by Gasteiger charge is 2.61. The Balaban J connectivity index is 1.61. The van der Waals surface area contributed by atoms with E-state index in [2.05, 4.69) is 35.7 Å². The van der Waals surface area contributed by atoms with Crippen molar-refractivity contribution in [2.45, 2.75) is 51.0 Å². The van der Waals surface area contributed by atoms with Gasteiger partial charge in [0.1, 0.15) is 5.75 Å². The number of methoxy groups -OCH3 is 1. The number of ether oxygens (including phenoxy) is 1. The van der Waals surface area contributed by atoms with E-state index in [9.17, 15) is 8.42 Å². The summed E-state index contributed by atoms with van der Waals surface area (Å²) in [6.45, 7) is 10.3. The van der Waals surface area contributed by atoms with Crippen LogP contribution in [0.2, 0.25) is 0 Å². The van der Waals surface area contributed by atoms with E-state index < -0.39 is 10.0 Å². The van der Waals surface area contributed by atoms with Crippen molar-refractivity contribution in [3.05, 3.63) is 18.2 Å². The largest absolute Gasteiger partial charge is 0.495 e. The first kappa shape index (κ1) is 20.0. The molecule has 3 aliphatic rings. The van der Waals surface area contributed by atoms with Crippen LogP contribution in [0, 0.1) is 16.7 Å². The van der Waals surface area contributed by atoms with E-state index in [4.69, 9.17) is 4.74 Å². The molecule has 2 unspecified atom stereocenters. The minimum atomic E-state index is -3.59. The van der Waals surface area contributed by atoms with Gasteiger partial charge in [-0.3, -0.25) is 0 Å². The van der Waals surface area contributed by atoms with E-state index in [0.717, 1.165) is 44.7 Å². The van der Waals surface area contributed by atoms with Crippen molar-refractivity contribution in [1.29, 1.82) is 0 Å². The van der Waals surface area contributed by atoms with Gasteiger partial charge in [0.05, 0.1) is 17.7 Å². The minimum absolute atomic E-state index is 0.00371. The first-order chi connectivity index (χ1) is 13.2. The molecule has 1 heterocycles. The van der Waals surface area contributed by atoms with Crippen molar-refractivity contribution >= 4 is 15.7 Å². The molecule has 1 saturated heterocycles. The van der Waals surface area contributed by atoms with Crippen LogP contribution in [-0.2, 0) is 10.0 Å². The molecule has 156 valence electrons. The number of hydrogen-bond donors (Lipinski definition) is 2. The molecule has 3 atom stereocenters. The molecule has 28 heavy (non-hydrogen) atoms. The van der Waals surface area contributed by atoms with Crippen molar-refractivity contribution in [3.63, 3.8) is 0 Å². The Morgan fingerprint density at radius 1 is 1.21 bits per heavy atom. The third-order valence-corrected chi connectivity index (χ3v) is 9.48. The minimum Gasteiger partial charge on any atom is -0.495 e. The highest BCUT2D eigenvalue weighted by Crippen LogP contribution is 2.65. The average molecular weight is 408 g/mol. The van der Waals surface area contributed by atoms with Crippen molar-refractivity contribution < 1.29 is 13.2 Å². The molecule has 4 rings (SSSR count). The van der Waals surface area contributed by atoms with Gasteiger partial charge in [0, 0.05) is 32.2 Å². The van der Waals surface area contributed by atoms with Crippen LogP contribution in [0.1, 0.15) is 40.0 Å². The van der Waals surface area contributed by atoms with Crippen LogP contribution >= 0.6 is 0 Å². The highest BCUT2D eigenvalue weighted by atomic mass is 32.2. The van der Waals surface area contributed by atoms with Gasteiger partial charge in [-0.2, -0.15) is 0 Å². The average Bonchev–Trinajstić information content (AvgIpc) is 3.01. The van der Waals surface area contributed by atoms with Gasteiger partial charge in [0.25, 0.3) is 0 Å². The summed E-state index contributed by atoms with van der Waals surface area (Å²) in [6, 6.07) is 5.20. The van der Waals surface area contributed by atoms with Crippen LogP contribution < -0.4 is 19.7 Å². The number of nitrogens with zero attached hydrogens (tertiary/aromatic N) is 1. The first-order valence-electron chi connectivity index (χ1n) is 10.3. The number of nitrogens with one attached hydrogen (secondary N) is 2. The van der Waals surface area contributed by atoms with Gasteiger partial charge in [-0.05, 0) is 54.2 Å². The molecule has 0 spiro atoms. The number of anilines is 1. The number of hydrogen-bond acceptors (Lipinski definition) is 5. The Morgan fingerprint density at radius 3 is 2.50 bits per heavy atom. The zero-order valence-electron chi connectivity index (χ0n) is 17.4. The lowest BCUT2D eigenvalue weighted by molar-refractivity contribution is 0.130. The predicted molar refractivity (Wildman–Crippen MR) is 111 cm³/mol. The van der Waals surface area contributed by atoms with Gasteiger partial charge < -0.3 is 15.0 Å². The van der Waals surface area contributed by atoms with Crippen molar-refractivity contribution in [3.8, 4) is 5.75 Å². The van der Waals surface area contributed by atoms with Gasteiger partial charge in [-0.25, -0.2) is 13.1 Å². The number of sulfonamides is 1. The Hall–Kier alpha value is -1.31. The zero-order chi connectivity index (χ0) is 20.2. The number of rotatable bonds is 5. The Bertz CT molecular complexity index is 848. The van der Waals surface area contributed by atoms with E-state index in [1.54, 1.807) is 25.3 Å². The lowest BCUT2D eigenvalue weighted by Gasteiger charge is -2.39. The maximum atomic E-state index is 13.3. The maximum absolute atomic E-state index is 13.3. The molecule has 2 saturated carbocycles. The van der Waals surface area contributed by atoms with Crippen LogP contribution in [0.5, 0.6) is 5.75 Å².